The van der Waals surface area contributed by atoms with Gasteiger partial charge in [0.25, 0.3) is 0 Å². The van der Waals surface area contributed by atoms with E-state index in [4.69, 9.17) is 4.98 Å². The second-order valence-electron chi connectivity index (χ2n) is 6.11. The van der Waals surface area contributed by atoms with E-state index in [0.717, 1.165) is 18.4 Å². The van der Waals surface area contributed by atoms with Gasteiger partial charge in [-0.25, -0.2) is 0 Å². The molecule has 1 aromatic carbocycles. The zero-order valence-corrected chi connectivity index (χ0v) is 12.7. The van der Waals surface area contributed by atoms with Gasteiger partial charge in [-0.1, -0.05) is 52.3 Å². The maximum Gasteiger partial charge on any atom is 0.0763 e. The van der Waals surface area contributed by atoms with E-state index in [2.05, 4.69) is 57.3 Å². The van der Waals surface area contributed by atoms with Gasteiger partial charge in [-0.3, -0.25) is 4.98 Å². The van der Waals surface area contributed by atoms with E-state index < -0.39 is 0 Å². The Hall–Kier alpha value is -1.57. The molecular formula is C17H24N2. The summed E-state index contributed by atoms with van der Waals surface area (Å²) >= 11 is 0. The lowest BCUT2D eigenvalue weighted by Gasteiger charge is -2.22. The lowest BCUT2D eigenvalue weighted by Crippen LogP contribution is -2.13. The first-order valence-electron chi connectivity index (χ1n) is 7.08. The van der Waals surface area contributed by atoms with Crippen molar-refractivity contribution in [3.63, 3.8) is 0 Å². The molecule has 0 fully saturated rings. The van der Waals surface area contributed by atoms with Gasteiger partial charge in [0.15, 0.2) is 0 Å². The molecule has 102 valence electrons. The summed E-state index contributed by atoms with van der Waals surface area (Å²) in [5.74, 6) is 0. The third kappa shape index (κ3) is 2.73. The van der Waals surface area contributed by atoms with Gasteiger partial charge in [0.2, 0.25) is 0 Å². The fourth-order valence-corrected chi connectivity index (χ4v) is 2.50. The topological polar surface area (TPSA) is 24.9 Å². The third-order valence-corrected chi connectivity index (χ3v) is 3.48. The Kier molecular flexibility index (Phi) is 3.79. The van der Waals surface area contributed by atoms with Crippen molar-refractivity contribution in [2.24, 2.45) is 0 Å². The van der Waals surface area contributed by atoms with Gasteiger partial charge in [-0.2, -0.15) is 0 Å². The van der Waals surface area contributed by atoms with Gasteiger partial charge in [0, 0.05) is 23.8 Å². The van der Waals surface area contributed by atoms with Crippen LogP contribution in [-0.2, 0) is 11.8 Å². The number of pyridine rings is 1. The van der Waals surface area contributed by atoms with Gasteiger partial charge in [-0.05, 0) is 23.5 Å². The second kappa shape index (κ2) is 5.20. The highest BCUT2D eigenvalue weighted by Gasteiger charge is 2.18. The van der Waals surface area contributed by atoms with Gasteiger partial charge in [-0.15, -0.1) is 0 Å². The van der Waals surface area contributed by atoms with Crippen LogP contribution in [0.15, 0.2) is 24.3 Å². The van der Waals surface area contributed by atoms with Gasteiger partial charge < -0.3 is 5.32 Å². The fraction of sp³-hybridized carbons (Fsp3) is 0.471. The molecular weight excluding hydrogens is 232 g/mol. The predicted octanol–water partition coefficient (Wildman–Crippen LogP) is 4.53. The number of benzene rings is 1. The van der Waals surface area contributed by atoms with E-state index in [1.807, 2.05) is 7.05 Å². The standard InChI is InChI=1S/C17H24N2/c1-6-8-12-11-15(18-5)13-9-7-10-14(16(13)19-12)17(2,3)4/h7,9-11H,6,8H2,1-5H3,(H,18,19). The minimum absolute atomic E-state index is 0.113. The maximum atomic E-state index is 4.90. The largest absolute Gasteiger partial charge is 0.388 e. The number of aromatic nitrogens is 1. The monoisotopic (exact) mass is 256 g/mol. The number of para-hydroxylation sites is 1. The summed E-state index contributed by atoms with van der Waals surface area (Å²) in [6.07, 6.45) is 2.16. The minimum atomic E-state index is 0.113. The second-order valence-corrected chi connectivity index (χ2v) is 6.11. The molecule has 0 atom stereocenters. The van der Waals surface area contributed by atoms with Crippen LogP contribution in [0.5, 0.6) is 0 Å². The molecule has 0 bridgehead atoms. The summed E-state index contributed by atoms with van der Waals surface area (Å²) in [6.45, 7) is 8.93. The van der Waals surface area contributed by atoms with Crippen LogP contribution < -0.4 is 5.32 Å². The van der Waals surface area contributed by atoms with Crippen molar-refractivity contribution in [1.29, 1.82) is 0 Å². The van der Waals surface area contributed by atoms with Crippen LogP contribution in [0.1, 0.15) is 45.4 Å². The summed E-state index contributed by atoms with van der Waals surface area (Å²) in [7, 11) is 1.98. The van der Waals surface area contributed by atoms with Crippen molar-refractivity contribution < 1.29 is 0 Å². The van der Waals surface area contributed by atoms with Crippen LogP contribution in [0.25, 0.3) is 10.9 Å². The number of fused-ring (bicyclic) bond motifs is 1. The van der Waals surface area contributed by atoms with Crippen molar-refractivity contribution in [2.45, 2.75) is 46.0 Å². The summed E-state index contributed by atoms with van der Waals surface area (Å²) < 4.78 is 0. The molecule has 1 heterocycles. The highest BCUT2D eigenvalue weighted by Crippen LogP contribution is 2.32. The third-order valence-electron chi connectivity index (χ3n) is 3.48. The lowest BCUT2D eigenvalue weighted by atomic mass is 9.85. The number of nitrogens with one attached hydrogen (secondary N) is 1. The highest BCUT2D eigenvalue weighted by molar-refractivity contribution is 5.93. The number of hydrogen-bond acceptors (Lipinski definition) is 2. The number of anilines is 1. The van der Waals surface area contributed by atoms with E-state index in [9.17, 15) is 0 Å². The first-order valence-corrected chi connectivity index (χ1v) is 7.08. The molecule has 2 heteroatoms. The Labute approximate surface area is 116 Å². The molecule has 0 unspecified atom stereocenters. The summed E-state index contributed by atoms with van der Waals surface area (Å²) in [5, 5.41) is 4.52. The van der Waals surface area contributed by atoms with E-state index in [1.165, 1.54) is 22.3 Å². The van der Waals surface area contributed by atoms with E-state index in [1.54, 1.807) is 0 Å². The first-order chi connectivity index (χ1) is 8.97. The molecule has 2 rings (SSSR count). The molecule has 0 aliphatic heterocycles. The van der Waals surface area contributed by atoms with Crippen LogP contribution in [0.4, 0.5) is 5.69 Å². The predicted molar refractivity (Wildman–Crippen MR) is 84.0 cm³/mol. The zero-order valence-electron chi connectivity index (χ0n) is 12.7. The SMILES string of the molecule is CCCc1cc(NC)c2cccc(C(C)(C)C)c2n1. The van der Waals surface area contributed by atoms with E-state index >= 15 is 0 Å². The van der Waals surface area contributed by atoms with Crippen LogP contribution in [0.2, 0.25) is 0 Å². The smallest absolute Gasteiger partial charge is 0.0763 e. The van der Waals surface area contributed by atoms with Gasteiger partial charge in [0.1, 0.15) is 0 Å². The van der Waals surface area contributed by atoms with E-state index in [-0.39, 0.29) is 5.41 Å². The van der Waals surface area contributed by atoms with E-state index in [0.29, 0.717) is 0 Å². The highest BCUT2D eigenvalue weighted by atomic mass is 14.8. The Morgan fingerprint density at radius 1 is 1.21 bits per heavy atom. The van der Waals surface area contributed by atoms with Crippen LogP contribution in [-0.4, -0.2) is 12.0 Å². The number of rotatable bonds is 3. The Bertz CT molecular complexity index is 580. The number of nitrogens with zero attached hydrogens (tertiary/aromatic N) is 1. The summed E-state index contributed by atoms with van der Waals surface area (Å²) in [4.78, 5) is 4.90. The van der Waals surface area contributed by atoms with Crippen molar-refractivity contribution in [2.75, 3.05) is 12.4 Å². The molecule has 2 nitrogen and oxygen atoms in total. The Balaban J connectivity index is 2.76. The van der Waals surface area contributed by atoms with Crippen LogP contribution >= 0.6 is 0 Å². The molecule has 0 aliphatic carbocycles. The molecule has 0 saturated carbocycles. The fourth-order valence-electron chi connectivity index (χ4n) is 2.50. The van der Waals surface area contributed by atoms with Crippen LogP contribution in [0, 0.1) is 0 Å². The zero-order chi connectivity index (χ0) is 14.0. The summed E-state index contributed by atoms with van der Waals surface area (Å²) in [6, 6.07) is 8.66. The quantitative estimate of drug-likeness (QED) is 0.873. The van der Waals surface area contributed by atoms with Gasteiger partial charge in [0.05, 0.1) is 5.52 Å². The molecule has 0 aliphatic rings. The number of hydrogen-bond donors (Lipinski definition) is 1. The van der Waals surface area contributed by atoms with Crippen molar-refractivity contribution in [1.82, 2.24) is 4.98 Å². The average molecular weight is 256 g/mol. The summed E-state index contributed by atoms with van der Waals surface area (Å²) in [5.41, 5.74) is 4.93. The maximum absolute atomic E-state index is 4.90. The number of aryl methyl sites for hydroxylation is 1. The van der Waals surface area contributed by atoms with Crippen LogP contribution in [0.3, 0.4) is 0 Å². The van der Waals surface area contributed by atoms with Gasteiger partial charge >= 0.3 is 0 Å². The first kappa shape index (κ1) is 13.9. The normalized spacial score (nSPS) is 11.8. The molecule has 0 radical (unpaired) electrons. The molecule has 0 saturated heterocycles. The molecule has 2 aromatic rings. The minimum Gasteiger partial charge on any atom is -0.388 e. The molecule has 1 aromatic heterocycles. The Morgan fingerprint density at radius 3 is 2.53 bits per heavy atom. The van der Waals surface area contributed by atoms with Crippen molar-refractivity contribution >= 4 is 16.6 Å². The van der Waals surface area contributed by atoms with Crippen molar-refractivity contribution in [3.8, 4) is 0 Å². The molecule has 19 heavy (non-hydrogen) atoms. The van der Waals surface area contributed by atoms with Crippen molar-refractivity contribution in [3.05, 3.63) is 35.5 Å². The average Bonchev–Trinajstić information content (AvgIpc) is 2.36. The molecule has 0 amide bonds. The lowest BCUT2D eigenvalue weighted by molar-refractivity contribution is 0.594. The molecule has 0 spiro atoms. The Morgan fingerprint density at radius 2 is 1.95 bits per heavy atom. The molecule has 1 N–H and O–H groups in total.